The van der Waals surface area contributed by atoms with E-state index in [0.717, 1.165) is 38.0 Å². The fourth-order valence-electron chi connectivity index (χ4n) is 8.57. The number of hydrogen-bond donors (Lipinski definition) is 0. The summed E-state index contributed by atoms with van der Waals surface area (Å²) in [5.74, 6) is 0.209. The van der Waals surface area contributed by atoms with Crippen molar-refractivity contribution in [2.24, 2.45) is 17.3 Å². The van der Waals surface area contributed by atoms with E-state index >= 15 is 0 Å². The number of amides is 1. The van der Waals surface area contributed by atoms with E-state index in [1.807, 2.05) is 11.0 Å². The second-order valence-electron chi connectivity index (χ2n) is 9.38. The van der Waals surface area contributed by atoms with Crippen molar-refractivity contribution in [3.63, 3.8) is 0 Å². The van der Waals surface area contributed by atoms with E-state index < -0.39 is 0 Å². The summed E-state index contributed by atoms with van der Waals surface area (Å²) in [5.41, 5.74) is 2.00. The van der Waals surface area contributed by atoms with Crippen molar-refractivity contribution in [3.05, 3.63) is 42.0 Å². The zero-order chi connectivity index (χ0) is 19.3. The average molecular weight is 378 g/mol. The predicted octanol–water partition coefficient (Wildman–Crippen LogP) is 2.50. The average Bonchev–Trinajstić information content (AvgIpc) is 3.34. The topological polar surface area (TPSA) is 49.9 Å². The molecule has 1 aromatic carbocycles. The van der Waals surface area contributed by atoms with Crippen LogP contribution in [0.3, 0.4) is 0 Å². The Balaban J connectivity index is 1.65. The van der Waals surface area contributed by atoms with Gasteiger partial charge in [-0.1, -0.05) is 37.3 Å². The van der Waals surface area contributed by atoms with Crippen LogP contribution >= 0.6 is 0 Å². The smallest absolute Gasteiger partial charge is 0.302 e. The Kier molecular flexibility index (Phi) is 3.04. The second-order valence-corrected chi connectivity index (χ2v) is 9.38. The van der Waals surface area contributed by atoms with Crippen LogP contribution in [0.15, 0.2) is 36.4 Å². The molecule has 1 saturated heterocycles. The number of anilines is 1. The van der Waals surface area contributed by atoms with Crippen LogP contribution in [0.4, 0.5) is 5.69 Å². The van der Waals surface area contributed by atoms with Gasteiger partial charge < -0.3 is 9.64 Å². The van der Waals surface area contributed by atoms with Crippen LogP contribution in [0.5, 0.6) is 0 Å². The van der Waals surface area contributed by atoms with Crippen molar-refractivity contribution in [3.8, 4) is 0 Å². The first-order valence-electron chi connectivity index (χ1n) is 10.4. The Hall–Kier alpha value is -2.14. The molecule has 0 radical (unpaired) electrons. The van der Waals surface area contributed by atoms with Gasteiger partial charge in [-0.25, -0.2) is 0 Å². The number of ether oxygens (including phenoxy) is 1. The zero-order valence-corrected chi connectivity index (χ0v) is 16.4. The SMILES string of the molecule is CC(=O)OCC1CC23C=CCN4CCC5(c6ccccc6N(C=O)C15C2C)C43. The van der Waals surface area contributed by atoms with Gasteiger partial charge in [-0.2, -0.15) is 0 Å². The van der Waals surface area contributed by atoms with Gasteiger partial charge in [0.1, 0.15) is 0 Å². The van der Waals surface area contributed by atoms with E-state index in [9.17, 15) is 9.59 Å². The first-order chi connectivity index (χ1) is 13.5. The summed E-state index contributed by atoms with van der Waals surface area (Å²) in [5, 5.41) is 0. The molecule has 5 aliphatic rings. The lowest BCUT2D eigenvalue weighted by atomic mass is 9.57. The molecule has 2 aliphatic carbocycles. The minimum absolute atomic E-state index is 0.0361. The summed E-state index contributed by atoms with van der Waals surface area (Å²) >= 11 is 0. The molecule has 3 heterocycles. The quantitative estimate of drug-likeness (QED) is 0.461. The molecule has 6 unspecified atom stereocenters. The van der Waals surface area contributed by atoms with Gasteiger partial charge in [0.2, 0.25) is 6.41 Å². The molecule has 3 aliphatic heterocycles. The molecule has 0 aromatic heterocycles. The molecule has 1 amide bonds. The Bertz CT molecular complexity index is 928. The predicted molar refractivity (Wildman–Crippen MR) is 105 cm³/mol. The molecule has 2 bridgehead atoms. The highest BCUT2D eigenvalue weighted by molar-refractivity contribution is 5.88. The van der Waals surface area contributed by atoms with Gasteiger partial charge >= 0.3 is 5.97 Å². The molecular weight excluding hydrogens is 352 g/mol. The molecule has 146 valence electrons. The number of nitrogens with zero attached hydrogens (tertiary/aromatic N) is 2. The fraction of sp³-hybridized carbons (Fsp3) is 0.565. The van der Waals surface area contributed by atoms with Crippen molar-refractivity contribution in [2.45, 2.75) is 43.7 Å². The third-order valence-electron chi connectivity index (χ3n) is 8.94. The molecule has 28 heavy (non-hydrogen) atoms. The zero-order valence-electron chi connectivity index (χ0n) is 16.4. The van der Waals surface area contributed by atoms with Crippen molar-refractivity contribution in [1.82, 2.24) is 4.90 Å². The minimum Gasteiger partial charge on any atom is -0.465 e. The van der Waals surface area contributed by atoms with Crippen LogP contribution in [0.2, 0.25) is 0 Å². The largest absolute Gasteiger partial charge is 0.465 e. The molecule has 6 atom stereocenters. The van der Waals surface area contributed by atoms with E-state index in [2.05, 4.69) is 42.2 Å². The number of carbonyl (C=O) groups excluding carboxylic acids is 2. The first-order valence-corrected chi connectivity index (χ1v) is 10.4. The Labute approximate surface area is 165 Å². The molecule has 6 rings (SSSR count). The molecule has 3 fully saturated rings. The van der Waals surface area contributed by atoms with Crippen molar-refractivity contribution in [1.29, 1.82) is 0 Å². The summed E-state index contributed by atoms with van der Waals surface area (Å²) in [6.07, 6.45) is 7.85. The number of benzene rings is 1. The van der Waals surface area contributed by atoms with Gasteiger partial charge in [-0.3, -0.25) is 14.5 Å². The highest BCUT2D eigenvalue weighted by atomic mass is 16.5. The van der Waals surface area contributed by atoms with E-state index in [1.165, 1.54) is 12.5 Å². The monoisotopic (exact) mass is 378 g/mol. The summed E-state index contributed by atoms with van der Waals surface area (Å²) < 4.78 is 5.58. The Morgan fingerprint density at radius 1 is 1.36 bits per heavy atom. The lowest BCUT2D eigenvalue weighted by Gasteiger charge is -2.52. The van der Waals surface area contributed by atoms with E-state index in [0.29, 0.717) is 18.6 Å². The maximum absolute atomic E-state index is 12.6. The van der Waals surface area contributed by atoms with Gasteiger partial charge in [-0.15, -0.1) is 0 Å². The third kappa shape index (κ3) is 1.45. The molecule has 5 nitrogen and oxygen atoms in total. The van der Waals surface area contributed by atoms with Crippen LogP contribution in [0, 0.1) is 17.3 Å². The van der Waals surface area contributed by atoms with Gasteiger partial charge in [0.25, 0.3) is 0 Å². The summed E-state index contributed by atoms with van der Waals surface area (Å²) in [6.45, 7) is 6.26. The van der Waals surface area contributed by atoms with E-state index in [-0.39, 0.29) is 28.3 Å². The van der Waals surface area contributed by atoms with Gasteiger partial charge in [0.15, 0.2) is 0 Å². The lowest BCUT2D eigenvalue weighted by Crippen LogP contribution is -2.65. The maximum Gasteiger partial charge on any atom is 0.302 e. The molecule has 2 saturated carbocycles. The summed E-state index contributed by atoms with van der Waals surface area (Å²) in [6, 6.07) is 8.90. The van der Waals surface area contributed by atoms with Crippen molar-refractivity contribution < 1.29 is 14.3 Å². The highest BCUT2D eigenvalue weighted by Gasteiger charge is 2.86. The van der Waals surface area contributed by atoms with Gasteiger partial charge in [-0.05, 0) is 36.9 Å². The van der Waals surface area contributed by atoms with Crippen LogP contribution in [-0.2, 0) is 19.7 Å². The van der Waals surface area contributed by atoms with Gasteiger partial charge in [0.05, 0.1) is 12.1 Å². The second kappa shape index (κ2) is 5.07. The summed E-state index contributed by atoms with van der Waals surface area (Å²) in [7, 11) is 0. The number of esters is 1. The van der Waals surface area contributed by atoms with E-state index in [4.69, 9.17) is 4.74 Å². The maximum atomic E-state index is 12.6. The number of para-hydroxylation sites is 1. The van der Waals surface area contributed by atoms with Crippen LogP contribution < -0.4 is 4.90 Å². The number of rotatable bonds is 3. The lowest BCUT2D eigenvalue weighted by molar-refractivity contribution is -0.143. The molecule has 3 spiro atoms. The van der Waals surface area contributed by atoms with Crippen LogP contribution in [-0.4, -0.2) is 48.6 Å². The first kappa shape index (κ1) is 16.8. The number of hydrogen-bond acceptors (Lipinski definition) is 4. The molecular formula is C23H26N2O3. The highest BCUT2D eigenvalue weighted by Crippen LogP contribution is 2.80. The van der Waals surface area contributed by atoms with E-state index in [1.54, 1.807) is 0 Å². The summed E-state index contributed by atoms with van der Waals surface area (Å²) in [4.78, 5) is 28.9. The van der Waals surface area contributed by atoms with Crippen LogP contribution in [0.1, 0.15) is 32.3 Å². The number of fused-ring (bicyclic) bond motifs is 1. The standard InChI is InChI=1S/C23H26N2O3/c1-15-21-8-5-10-24-11-9-22(20(21)24)18-6-3-4-7-19(18)25(14-26)23(15,22)17(12-21)13-28-16(2)27/h3-8,14-15,17,20H,9-13H2,1-2H3. The van der Waals surface area contributed by atoms with Crippen molar-refractivity contribution in [2.75, 3.05) is 24.6 Å². The molecule has 1 aromatic rings. The Morgan fingerprint density at radius 3 is 2.96 bits per heavy atom. The third-order valence-corrected chi connectivity index (χ3v) is 8.94. The minimum atomic E-state index is -0.331. The van der Waals surface area contributed by atoms with Gasteiger partial charge in [0, 0.05) is 41.9 Å². The molecule has 0 N–H and O–H groups in total. The Morgan fingerprint density at radius 2 is 2.18 bits per heavy atom. The molecule has 5 heteroatoms. The van der Waals surface area contributed by atoms with Crippen molar-refractivity contribution >= 4 is 18.1 Å². The normalized spacial score (nSPS) is 44.4. The number of carbonyl (C=O) groups is 2. The van der Waals surface area contributed by atoms with Crippen LogP contribution in [0.25, 0.3) is 0 Å². The fourth-order valence-corrected chi connectivity index (χ4v) is 8.57.